The molecule has 0 aromatic heterocycles. The molecule has 1 aliphatic rings. The molecule has 0 radical (unpaired) electrons. The Hall–Kier alpha value is -2.37. The molecular formula is C24H27NO3S. The molecule has 0 fully saturated rings. The lowest BCUT2D eigenvalue weighted by Crippen LogP contribution is -2.31. The molecule has 0 atom stereocenters. The number of aliphatic hydroxyl groups is 1. The molecule has 0 aliphatic carbocycles. The standard InChI is InChI=1S/C24H27NO3S/c1-15-6-7-17(14-16(15)2)20-21(29-13-12-26)23(28)25(22(20)27)19-10-8-18(9-11-19)24(3,4)5/h6-11,14,26H,12-13H2,1-5H3. The van der Waals surface area contributed by atoms with E-state index in [1.165, 1.54) is 16.7 Å². The van der Waals surface area contributed by atoms with Crippen molar-refractivity contribution in [3.63, 3.8) is 0 Å². The van der Waals surface area contributed by atoms with E-state index < -0.39 is 0 Å². The van der Waals surface area contributed by atoms with Gasteiger partial charge in [-0.3, -0.25) is 9.59 Å². The number of amides is 2. The summed E-state index contributed by atoms with van der Waals surface area (Å²) < 4.78 is 0. The second kappa shape index (κ2) is 8.17. The number of carbonyl (C=O) groups excluding carboxylic acids is 2. The van der Waals surface area contributed by atoms with Crippen molar-refractivity contribution in [2.24, 2.45) is 0 Å². The Labute approximate surface area is 176 Å². The summed E-state index contributed by atoms with van der Waals surface area (Å²) in [6.07, 6.45) is 0. The Balaban J connectivity index is 2.04. The van der Waals surface area contributed by atoms with Crippen LogP contribution in [0.1, 0.15) is 43.0 Å². The zero-order valence-corrected chi connectivity index (χ0v) is 18.4. The quantitative estimate of drug-likeness (QED) is 0.733. The molecule has 0 bridgehead atoms. The Bertz CT molecular complexity index is 984. The highest BCUT2D eigenvalue weighted by atomic mass is 32.2. The molecule has 0 saturated carbocycles. The van der Waals surface area contributed by atoms with Gasteiger partial charge in [-0.25, -0.2) is 4.90 Å². The van der Waals surface area contributed by atoms with Crippen LogP contribution in [0.3, 0.4) is 0 Å². The van der Waals surface area contributed by atoms with Crippen LogP contribution >= 0.6 is 11.8 Å². The van der Waals surface area contributed by atoms with Gasteiger partial charge in [-0.1, -0.05) is 51.1 Å². The number of thioether (sulfide) groups is 1. The van der Waals surface area contributed by atoms with Crippen LogP contribution in [0.15, 0.2) is 47.4 Å². The first-order valence-corrected chi connectivity index (χ1v) is 10.7. The minimum Gasteiger partial charge on any atom is -0.396 e. The summed E-state index contributed by atoms with van der Waals surface area (Å²) in [6, 6.07) is 13.4. The number of rotatable bonds is 5. The van der Waals surface area contributed by atoms with Crippen LogP contribution in [0, 0.1) is 13.8 Å². The first-order valence-electron chi connectivity index (χ1n) is 9.70. The van der Waals surface area contributed by atoms with Crippen molar-refractivity contribution in [1.82, 2.24) is 0 Å². The number of nitrogens with zero attached hydrogens (tertiary/aromatic N) is 1. The van der Waals surface area contributed by atoms with Crippen LogP contribution in [-0.4, -0.2) is 29.3 Å². The van der Waals surface area contributed by atoms with E-state index >= 15 is 0 Å². The molecular weight excluding hydrogens is 382 g/mol. The Morgan fingerprint density at radius 2 is 1.59 bits per heavy atom. The van der Waals surface area contributed by atoms with Crippen LogP contribution < -0.4 is 4.90 Å². The van der Waals surface area contributed by atoms with E-state index in [0.29, 0.717) is 21.9 Å². The fourth-order valence-corrected chi connectivity index (χ4v) is 4.15. The number of hydrogen-bond donors (Lipinski definition) is 1. The van der Waals surface area contributed by atoms with Gasteiger partial charge >= 0.3 is 0 Å². The third kappa shape index (κ3) is 4.16. The average molecular weight is 410 g/mol. The number of aryl methyl sites for hydroxylation is 2. The van der Waals surface area contributed by atoms with Gasteiger partial charge < -0.3 is 5.11 Å². The van der Waals surface area contributed by atoms with Crippen molar-refractivity contribution in [1.29, 1.82) is 0 Å². The SMILES string of the molecule is Cc1ccc(C2=C(SCCO)C(=O)N(c3ccc(C(C)(C)C)cc3)C2=O)cc1C. The summed E-state index contributed by atoms with van der Waals surface area (Å²) in [6.45, 7) is 10.3. The normalized spacial score (nSPS) is 14.9. The van der Waals surface area contributed by atoms with Gasteiger partial charge in [0.15, 0.2) is 0 Å². The van der Waals surface area contributed by atoms with Gasteiger partial charge in [-0.15, -0.1) is 11.8 Å². The topological polar surface area (TPSA) is 57.6 Å². The van der Waals surface area contributed by atoms with Gasteiger partial charge in [0.1, 0.15) is 0 Å². The maximum atomic E-state index is 13.3. The summed E-state index contributed by atoms with van der Waals surface area (Å²) in [5.41, 5.74) is 5.03. The molecule has 0 unspecified atom stereocenters. The number of benzene rings is 2. The molecule has 2 amide bonds. The van der Waals surface area contributed by atoms with Crippen LogP contribution in [0.5, 0.6) is 0 Å². The van der Waals surface area contributed by atoms with E-state index in [0.717, 1.165) is 22.3 Å². The maximum Gasteiger partial charge on any atom is 0.272 e. The van der Waals surface area contributed by atoms with E-state index in [9.17, 15) is 14.7 Å². The van der Waals surface area contributed by atoms with Crippen molar-refractivity contribution in [3.05, 3.63) is 69.6 Å². The largest absolute Gasteiger partial charge is 0.396 e. The molecule has 152 valence electrons. The van der Waals surface area contributed by atoms with Crippen molar-refractivity contribution < 1.29 is 14.7 Å². The van der Waals surface area contributed by atoms with Gasteiger partial charge in [0.2, 0.25) is 0 Å². The molecule has 2 aromatic rings. The molecule has 0 saturated heterocycles. The summed E-state index contributed by atoms with van der Waals surface area (Å²) in [4.78, 5) is 28.2. The number of hydrogen-bond acceptors (Lipinski definition) is 4. The minimum atomic E-state index is -0.329. The zero-order chi connectivity index (χ0) is 21.3. The second-order valence-corrected chi connectivity index (χ2v) is 9.42. The van der Waals surface area contributed by atoms with E-state index in [1.807, 2.05) is 56.3 Å². The van der Waals surface area contributed by atoms with Gasteiger partial charge in [-0.2, -0.15) is 0 Å². The predicted molar refractivity (Wildman–Crippen MR) is 120 cm³/mol. The second-order valence-electron chi connectivity index (χ2n) is 8.32. The molecule has 1 aliphatic heterocycles. The Morgan fingerprint density at radius 3 is 2.14 bits per heavy atom. The summed E-state index contributed by atoms with van der Waals surface area (Å²) in [7, 11) is 0. The van der Waals surface area contributed by atoms with Crippen LogP contribution in [0.2, 0.25) is 0 Å². The molecule has 3 rings (SSSR count). The molecule has 5 heteroatoms. The molecule has 1 heterocycles. The molecule has 0 spiro atoms. The summed E-state index contributed by atoms with van der Waals surface area (Å²) >= 11 is 1.23. The fraction of sp³-hybridized carbons (Fsp3) is 0.333. The zero-order valence-electron chi connectivity index (χ0n) is 17.6. The third-order valence-electron chi connectivity index (χ3n) is 5.17. The van der Waals surface area contributed by atoms with Crippen LogP contribution in [0.25, 0.3) is 5.57 Å². The van der Waals surface area contributed by atoms with E-state index in [4.69, 9.17) is 0 Å². The van der Waals surface area contributed by atoms with E-state index in [-0.39, 0.29) is 23.8 Å². The summed E-state index contributed by atoms with van der Waals surface area (Å²) in [5.74, 6) is -0.285. The Morgan fingerprint density at radius 1 is 0.931 bits per heavy atom. The van der Waals surface area contributed by atoms with Crippen LogP contribution in [0.4, 0.5) is 5.69 Å². The highest BCUT2D eigenvalue weighted by Gasteiger charge is 2.40. The molecule has 2 aromatic carbocycles. The first-order chi connectivity index (χ1) is 13.6. The van der Waals surface area contributed by atoms with Gasteiger partial charge in [0.05, 0.1) is 22.8 Å². The van der Waals surface area contributed by atoms with Crippen LogP contribution in [-0.2, 0) is 15.0 Å². The number of anilines is 1. The van der Waals surface area contributed by atoms with Gasteiger partial charge in [0, 0.05) is 5.75 Å². The molecule has 29 heavy (non-hydrogen) atoms. The van der Waals surface area contributed by atoms with Crippen molar-refractivity contribution in [2.45, 2.75) is 40.0 Å². The first kappa shape index (κ1) is 21.3. The van der Waals surface area contributed by atoms with Crippen molar-refractivity contribution in [2.75, 3.05) is 17.3 Å². The lowest BCUT2D eigenvalue weighted by atomic mass is 9.87. The highest BCUT2D eigenvalue weighted by Crippen LogP contribution is 2.39. The smallest absolute Gasteiger partial charge is 0.272 e. The van der Waals surface area contributed by atoms with Gasteiger partial charge in [-0.05, 0) is 53.6 Å². The predicted octanol–water partition coefficient (Wildman–Crippen LogP) is 4.61. The monoisotopic (exact) mass is 409 g/mol. The lowest BCUT2D eigenvalue weighted by molar-refractivity contribution is -0.119. The number of imide groups is 1. The maximum absolute atomic E-state index is 13.3. The van der Waals surface area contributed by atoms with E-state index in [1.54, 1.807) is 0 Å². The lowest BCUT2D eigenvalue weighted by Gasteiger charge is -2.21. The van der Waals surface area contributed by atoms with Crippen molar-refractivity contribution in [3.8, 4) is 0 Å². The van der Waals surface area contributed by atoms with E-state index in [2.05, 4.69) is 20.8 Å². The third-order valence-corrected chi connectivity index (χ3v) is 6.22. The fourth-order valence-electron chi connectivity index (χ4n) is 3.29. The minimum absolute atomic E-state index is 0.0114. The highest BCUT2D eigenvalue weighted by molar-refractivity contribution is 8.04. The Kier molecular flexibility index (Phi) is 6.01. The number of carbonyl (C=O) groups is 2. The average Bonchev–Trinajstić information content (AvgIpc) is 2.91. The van der Waals surface area contributed by atoms with Gasteiger partial charge in [0.25, 0.3) is 11.8 Å². The molecule has 1 N–H and O–H groups in total. The molecule has 4 nitrogen and oxygen atoms in total. The van der Waals surface area contributed by atoms with Crippen molar-refractivity contribution >= 4 is 34.8 Å². The number of aliphatic hydroxyl groups excluding tert-OH is 1. The summed E-state index contributed by atoms with van der Waals surface area (Å²) in [5, 5.41) is 9.25.